The lowest BCUT2D eigenvalue weighted by atomic mass is 9.87. The summed E-state index contributed by atoms with van der Waals surface area (Å²) in [7, 11) is 3.51. The Morgan fingerprint density at radius 3 is 1.33 bits per heavy atom. The third-order valence-electron chi connectivity index (χ3n) is 23.9. The van der Waals surface area contributed by atoms with E-state index < -0.39 is 0 Å². The second-order valence-electron chi connectivity index (χ2n) is 34.0. The molecule has 15 rings (SSSR count). The second-order valence-corrected chi connectivity index (χ2v) is 34.9. The highest BCUT2D eigenvalue weighted by molar-refractivity contribution is 9.10. The summed E-state index contributed by atoms with van der Waals surface area (Å²) >= 11 is 3.54. The molecule has 0 spiro atoms. The number of benzene rings is 11. The van der Waals surface area contributed by atoms with Crippen molar-refractivity contribution in [2.45, 2.75) is 96.1 Å². The number of rotatable bonds is 33. The molecule has 0 amide bonds. The molecule has 4 heterocycles. The number of ether oxygens (including phenoxy) is 1. The second kappa shape index (κ2) is 59.6. The molecule has 4 aliphatic rings. The number of piperazine rings is 2. The maximum Gasteiger partial charge on any atom is 0.305 e. The molecule has 0 radical (unpaired) electrons. The van der Waals surface area contributed by atoms with Crippen molar-refractivity contribution in [3.8, 4) is 0 Å². The van der Waals surface area contributed by atoms with Gasteiger partial charge in [-0.2, -0.15) is 0 Å². The van der Waals surface area contributed by atoms with Crippen LogP contribution in [0.5, 0.6) is 0 Å². The van der Waals surface area contributed by atoms with Crippen LogP contribution in [0.25, 0.3) is 10.8 Å². The van der Waals surface area contributed by atoms with Gasteiger partial charge in [0, 0.05) is 154 Å². The Bertz CT molecular complexity index is 4950. The van der Waals surface area contributed by atoms with Crippen LogP contribution in [0.1, 0.15) is 123 Å². The Labute approximate surface area is 791 Å². The Morgan fingerprint density at radius 1 is 0.427 bits per heavy atom. The van der Waals surface area contributed by atoms with Crippen LogP contribution in [0.2, 0.25) is 0 Å². The van der Waals surface area contributed by atoms with Crippen LogP contribution in [0.3, 0.4) is 0 Å². The summed E-state index contributed by atoms with van der Waals surface area (Å²) in [5, 5.41) is 2.66. The molecule has 1 atom stereocenters. The van der Waals surface area contributed by atoms with E-state index in [-0.39, 0.29) is 29.5 Å². The predicted octanol–water partition coefficient (Wildman–Crippen LogP) is 24.5. The fourth-order valence-electron chi connectivity index (χ4n) is 17.3. The minimum absolute atomic E-state index is 0.0112. The van der Waals surface area contributed by atoms with Gasteiger partial charge in [-0.1, -0.05) is 307 Å². The van der Waals surface area contributed by atoms with E-state index >= 15 is 0 Å². The first-order chi connectivity index (χ1) is 64.0. The van der Waals surface area contributed by atoms with Gasteiger partial charge in [0.25, 0.3) is 0 Å². The van der Waals surface area contributed by atoms with Crippen molar-refractivity contribution >= 4 is 32.7 Å². The molecule has 11 aromatic carbocycles. The normalized spacial score (nSPS) is 14.9. The first kappa shape index (κ1) is 104. The monoisotopic (exact) mass is 1830 g/mol. The zero-order valence-electron chi connectivity index (χ0n) is 78.1. The molecule has 690 valence electrons. The van der Waals surface area contributed by atoms with Crippen molar-refractivity contribution in [2.75, 3.05) is 145 Å². The number of aryl methyl sites for hydroxylation is 1. The SMILES string of the molecule is C=CCN(C)Cc1cccc2ccccc12.C=CCN(CCCC(=O)OC)Cc1ccc(F)cc1.C=CCN(Cc1ccccc1)Cc1ccccc1.C=CCN1CCCCCC1.C=CCN1CCN(C(c2ccc(F)cc2)c2ccc(F)cc2)CC1.C=CCN1CCN(C(c2ccccc2)c2ccccc2)CC1.C=CCN1CCc2ccc(C)cc2C(c2ccc(Br)cc2)C1. The van der Waals surface area contributed by atoms with E-state index in [0.29, 0.717) is 24.9 Å². The maximum atomic E-state index is 13.3. The molecule has 0 saturated carbocycles. The fourth-order valence-corrected chi connectivity index (χ4v) is 17.5. The van der Waals surface area contributed by atoms with Crippen LogP contribution >= 0.6 is 15.9 Å². The van der Waals surface area contributed by atoms with Crippen LogP contribution in [0, 0.1) is 24.4 Å². The highest BCUT2D eigenvalue weighted by Crippen LogP contribution is 2.35. The molecule has 11 nitrogen and oxygen atoms in total. The van der Waals surface area contributed by atoms with Gasteiger partial charge < -0.3 is 4.74 Å². The van der Waals surface area contributed by atoms with Crippen LogP contribution in [-0.2, 0) is 42.1 Å². The molecule has 15 heteroatoms. The van der Waals surface area contributed by atoms with Crippen LogP contribution in [0.4, 0.5) is 13.2 Å². The lowest BCUT2D eigenvalue weighted by Gasteiger charge is -2.39. The number of fused-ring (bicyclic) bond motifs is 2. The van der Waals surface area contributed by atoms with Crippen LogP contribution in [-0.4, -0.2) is 195 Å². The van der Waals surface area contributed by atoms with E-state index in [1.807, 2.05) is 66.8 Å². The zero-order valence-corrected chi connectivity index (χ0v) is 79.6. The molecule has 0 bridgehead atoms. The van der Waals surface area contributed by atoms with Gasteiger partial charge in [-0.15, -0.1) is 46.1 Å². The molecule has 4 aliphatic heterocycles. The molecule has 0 aromatic heterocycles. The first-order valence-corrected chi connectivity index (χ1v) is 47.4. The molecule has 1 unspecified atom stereocenters. The Hall–Kier alpha value is -10.8. The third-order valence-corrected chi connectivity index (χ3v) is 24.4. The summed E-state index contributed by atoms with van der Waals surface area (Å²) in [6.45, 7) is 52.6. The number of nitrogens with zero attached hydrogens (tertiary/aromatic N) is 9. The van der Waals surface area contributed by atoms with Gasteiger partial charge in [-0.3, -0.25) is 48.9 Å². The van der Waals surface area contributed by atoms with Gasteiger partial charge in [-0.25, -0.2) is 13.2 Å². The number of methoxy groups -OCH3 is 1. The minimum Gasteiger partial charge on any atom is -0.469 e. The summed E-state index contributed by atoms with van der Waals surface area (Å²) in [5.41, 5.74) is 15.6. The minimum atomic E-state index is -0.243. The number of hydrogen-bond donors (Lipinski definition) is 0. The summed E-state index contributed by atoms with van der Waals surface area (Å²) in [5.74, 6) is -0.477. The van der Waals surface area contributed by atoms with E-state index in [0.717, 1.165) is 171 Å². The van der Waals surface area contributed by atoms with Crippen molar-refractivity contribution in [3.63, 3.8) is 0 Å². The largest absolute Gasteiger partial charge is 0.469 e. The molecule has 0 N–H and O–H groups in total. The topological polar surface area (TPSA) is 55.5 Å². The smallest absolute Gasteiger partial charge is 0.305 e. The van der Waals surface area contributed by atoms with Crippen LogP contribution < -0.4 is 0 Å². The van der Waals surface area contributed by atoms with Gasteiger partial charge in [0.1, 0.15) is 17.5 Å². The quantitative estimate of drug-likeness (QED) is 0.0292. The third kappa shape index (κ3) is 37.1. The summed E-state index contributed by atoms with van der Waals surface area (Å²) in [6.07, 6.45) is 21.5. The van der Waals surface area contributed by atoms with E-state index in [2.05, 4.69) is 331 Å². The van der Waals surface area contributed by atoms with E-state index in [1.54, 1.807) is 12.1 Å². The van der Waals surface area contributed by atoms with Crippen molar-refractivity contribution < 1.29 is 22.7 Å². The van der Waals surface area contributed by atoms with Crippen molar-refractivity contribution in [3.05, 3.63) is 456 Å². The molecule has 0 aliphatic carbocycles. The standard InChI is InChI=1S/C20H22BrN.C20H22F2N2.C20H24N2.C17H19N.C15H20FNO2.C15H17N.C9H17N/c1-3-11-22-12-10-17-5-4-15(2)13-19(17)20(14-22)16-6-8-18(21)9-7-16;1-2-11-23-12-14-24(15-13-23)20(16-3-7-18(21)8-4-16)17-5-9-19(22)10-6-17;1-2-13-21-14-16-22(17-15-21)20(18-9-5-3-6-10-18)19-11-7-4-8-12-19;1-2-13-18(14-16-9-5-3-6-10-16)15-17-11-7-4-8-12-17;1-3-10-17(11-4-5-15(18)19-2)12-13-6-8-14(16)9-7-13;1-3-11-16(2)12-14-9-6-8-13-7-4-5-10-15(13)14;1-2-7-10-8-5-3-4-6-9-10/h3-9,13,20H,1,10-12,14H2,2H3;2-10,20H,1,11-15H2;2-12,20H,1,13-17H2;2-12H,1,13-15H2;3,6-9H,1,4-5,10-12H2,2H3;3-10H,1,11-12H2,2H3;2H,1,3-9H2. The van der Waals surface area contributed by atoms with Gasteiger partial charge in [-0.05, 0) is 180 Å². The van der Waals surface area contributed by atoms with Crippen LogP contribution in [0.15, 0.2) is 372 Å². The number of halogens is 4. The highest BCUT2D eigenvalue weighted by Gasteiger charge is 2.29. The van der Waals surface area contributed by atoms with Crippen molar-refractivity contribution in [1.82, 2.24) is 44.1 Å². The average Bonchev–Trinajstić information content (AvgIpc) is 1.79. The Morgan fingerprint density at radius 2 is 0.847 bits per heavy atom. The molecule has 11 aromatic rings. The number of likely N-dealkylation sites (tertiary alicyclic amines) is 1. The number of carbonyl (C=O) groups is 1. The number of esters is 1. The molecule has 131 heavy (non-hydrogen) atoms. The van der Waals surface area contributed by atoms with Gasteiger partial charge in [0.15, 0.2) is 0 Å². The number of likely N-dealkylation sites (N-methyl/N-ethyl adjacent to an activating group) is 1. The lowest BCUT2D eigenvalue weighted by Crippen LogP contribution is -2.47. The maximum absolute atomic E-state index is 13.3. The molecule has 3 saturated heterocycles. The summed E-state index contributed by atoms with van der Waals surface area (Å²) in [6, 6.07) is 93.6. The van der Waals surface area contributed by atoms with Crippen molar-refractivity contribution in [2.24, 2.45) is 0 Å². The Kier molecular flexibility index (Phi) is 47.3. The lowest BCUT2D eigenvalue weighted by molar-refractivity contribution is -0.140. The first-order valence-electron chi connectivity index (χ1n) is 46.6. The zero-order chi connectivity index (χ0) is 93.0. The van der Waals surface area contributed by atoms with Crippen molar-refractivity contribution in [1.29, 1.82) is 0 Å². The van der Waals surface area contributed by atoms with E-state index in [9.17, 15) is 18.0 Å². The van der Waals surface area contributed by atoms with E-state index in [1.165, 1.54) is 143 Å². The summed E-state index contributed by atoms with van der Waals surface area (Å²) in [4.78, 5) is 32.6. The highest BCUT2D eigenvalue weighted by atomic mass is 79.9. The molecule has 3 fully saturated rings. The van der Waals surface area contributed by atoms with Gasteiger partial charge in [0.05, 0.1) is 19.2 Å². The molecular formula is C116H141BrF3N9O2. The summed E-state index contributed by atoms with van der Waals surface area (Å²) < 4.78 is 45.2. The average molecular weight is 1830 g/mol. The van der Waals surface area contributed by atoms with Gasteiger partial charge in [0.2, 0.25) is 0 Å². The number of hydrogen-bond acceptors (Lipinski definition) is 11. The fraction of sp³-hybridized carbons (Fsp3) is 0.319. The number of carbonyl (C=O) groups excluding carboxylic acids is 1. The Balaban J connectivity index is 0.000000174. The van der Waals surface area contributed by atoms with Gasteiger partial charge >= 0.3 is 5.97 Å². The van der Waals surface area contributed by atoms with E-state index in [4.69, 9.17) is 0 Å². The predicted molar refractivity (Wildman–Crippen MR) is 549 cm³/mol. The molecular weight excluding hydrogens is 1690 g/mol.